The van der Waals surface area contributed by atoms with E-state index in [0.717, 1.165) is 25.0 Å². The molecule has 1 heterocycles. The van der Waals surface area contributed by atoms with Crippen molar-refractivity contribution in [2.45, 2.75) is 50.0 Å². The van der Waals surface area contributed by atoms with Crippen molar-refractivity contribution in [3.8, 4) is 0 Å². The van der Waals surface area contributed by atoms with E-state index < -0.39 is 30.7 Å². The summed E-state index contributed by atoms with van der Waals surface area (Å²) in [5, 5.41) is 29.0. The third-order valence-electron chi connectivity index (χ3n) is 3.13. The van der Waals surface area contributed by atoms with Crippen LogP contribution in [0.5, 0.6) is 0 Å². The number of unbranched alkanes of at least 4 members (excludes halogenated alkanes) is 2. The van der Waals surface area contributed by atoms with Gasteiger partial charge in [0.05, 0.1) is 6.61 Å². The van der Waals surface area contributed by atoms with E-state index in [1.165, 1.54) is 7.11 Å². The Morgan fingerprint density at radius 3 is 2.42 bits per heavy atom. The molecule has 6 nitrogen and oxygen atoms in total. The summed E-state index contributed by atoms with van der Waals surface area (Å²) in [5.74, 6) is 0.865. The molecule has 7 heteroatoms. The standard InChI is InChI=1S/C12H24O6S/c1-16-12-11(15)10(14)9(13)8(18-12)7-17-5-3-2-4-6-19/h8-15,19H,2-7H2,1H3/t8?,9-,10?,11?,12-/m0/s1. The molecule has 0 radical (unpaired) electrons. The molecule has 1 saturated heterocycles. The van der Waals surface area contributed by atoms with Crippen LogP contribution in [0.4, 0.5) is 0 Å². The van der Waals surface area contributed by atoms with Gasteiger partial charge >= 0.3 is 0 Å². The Bertz CT molecular complexity index is 240. The second-order valence-corrected chi connectivity index (χ2v) is 5.06. The topological polar surface area (TPSA) is 88.4 Å². The first kappa shape index (κ1) is 17.2. The van der Waals surface area contributed by atoms with Gasteiger partial charge in [-0.1, -0.05) is 6.42 Å². The van der Waals surface area contributed by atoms with Gasteiger partial charge < -0.3 is 29.5 Å². The Hall–Kier alpha value is 0.110. The van der Waals surface area contributed by atoms with Crippen LogP contribution in [0.15, 0.2) is 0 Å². The van der Waals surface area contributed by atoms with E-state index in [9.17, 15) is 15.3 Å². The molecule has 0 aromatic heterocycles. The third kappa shape index (κ3) is 5.18. The van der Waals surface area contributed by atoms with Crippen molar-refractivity contribution in [2.24, 2.45) is 0 Å². The summed E-state index contributed by atoms with van der Waals surface area (Å²) in [6.45, 7) is 0.725. The Morgan fingerprint density at radius 2 is 1.79 bits per heavy atom. The molecule has 5 atom stereocenters. The smallest absolute Gasteiger partial charge is 0.186 e. The van der Waals surface area contributed by atoms with Crippen LogP contribution in [-0.2, 0) is 14.2 Å². The summed E-state index contributed by atoms with van der Waals surface area (Å²) < 4.78 is 15.7. The Kier molecular flexibility index (Phi) is 8.24. The van der Waals surface area contributed by atoms with Gasteiger partial charge in [0.1, 0.15) is 24.4 Å². The molecule has 1 fully saturated rings. The lowest BCUT2D eigenvalue weighted by molar-refractivity contribution is -0.296. The van der Waals surface area contributed by atoms with Gasteiger partial charge in [0.25, 0.3) is 0 Å². The summed E-state index contributed by atoms with van der Waals surface area (Å²) in [5.41, 5.74) is 0. The second-order valence-electron chi connectivity index (χ2n) is 4.61. The minimum atomic E-state index is -1.29. The fourth-order valence-corrected chi connectivity index (χ4v) is 2.16. The maximum Gasteiger partial charge on any atom is 0.186 e. The Labute approximate surface area is 119 Å². The van der Waals surface area contributed by atoms with E-state index in [-0.39, 0.29) is 6.61 Å². The van der Waals surface area contributed by atoms with E-state index >= 15 is 0 Å². The lowest BCUT2D eigenvalue weighted by Crippen LogP contribution is -2.59. The summed E-state index contributed by atoms with van der Waals surface area (Å²) in [6, 6.07) is 0. The highest BCUT2D eigenvalue weighted by Crippen LogP contribution is 2.21. The van der Waals surface area contributed by atoms with Crippen LogP contribution >= 0.6 is 12.6 Å². The van der Waals surface area contributed by atoms with Crippen molar-refractivity contribution >= 4 is 12.6 Å². The number of hydrogen-bond donors (Lipinski definition) is 4. The molecule has 1 rings (SSSR count). The number of aliphatic hydroxyl groups is 3. The van der Waals surface area contributed by atoms with Crippen LogP contribution in [0.2, 0.25) is 0 Å². The van der Waals surface area contributed by atoms with Gasteiger partial charge in [0.2, 0.25) is 0 Å². The first-order chi connectivity index (χ1) is 9.11. The maximum absolute atomic E-state index is 9.78. The number of ether oxygens (including phenoxy) is 3. The van der Waals surface area contributed by atoms with Crippen molar-refractivity contribution in [3.05, 3.63) is 0 Å². The van der Waals surface area contributed by atoms with E-state index in [2.05, 4.69) is 12.6 Å². The first-order valence-electron chi connectivity index (χ1n) is 6.53. The van der Waals surface area contributed by atoms with Crippen LogP contribution in [-0.4, -0.2) is 72.1 Å². The number of rotatable bonds is 8. The summed E-state index contributed by atoms with van der Waals surface area (Å²) in [7, 11) is 1.37. The quantitative estimate of drug-likeness (QED) is 0.359. The first-order valence-corrected chi connectivity index (χ1v) is 7.16. The highest BCUT2D eigenvalue weighted by atomic mass is 32.1. The zero-order valence-corrected chi connectivity index (χ0v) is 12.0. The SMILES string of the molecule is CO[C@H]1OC(COCCCCCS)[C@H](O)C(O)C1O. The van der Waals surface area contributed by atoms with Crippen LogP contribution in [0.25, 0.3) is 0 Å². The fourth-order valence-electron chi connectivity index (χ4n) is 1.94. The predicted molar refractivity (Wildman–Crippen MR) is 72.2 cm³/mol. The molecule has 1 aliphatic heterocycles. The normalized spacial score (nSPS) is 35.5. The maximum atomic E-state index is 9.78. The number of methoxy groups -OCH3 is 1. The monoisotopic (exact) mass is 296 g/mol. The molecule has 0 bridgehead atoms. The van der Waals surface area contributed by atoms with E-state index in [1.54, 1.807) is 0 Å². The summed E-state index contributed by atoms with van der Waals surface area (Å²) >= 11 is 4.12. The van der Waals surface area contributed by atoms with E-state index in [1.807, 2.05) is 0 Å². The van der Waals surface area contributed by atoms with E-state index in [0.29, 0.717) is 6.61 Å². The third-order valence-corrected chi connectivity index (χ3v) is 3.45. The molecule has 0 aromatic carbocycles. The Balaban J connectivity index is 2.28. The second kappa shape index (κ2) is 9.12. The molecule has 0 aliphatic carbocycles. The van der Waals surface area contributed by atoms with Crippen LogP contribution in [0.3, 0.4) is 0 Å². The lowest BCUT2D eigenvalue weighted by atomic mass is 9.99. The van der Waals surface area contributed by atoms with Crippen LogP contribution in [0.1, 0.15) is 19.3 Å². The zero-order chi connectivity index (χ0) is 14.3. The van der Waals surface area contributed by atoms with Crippen LogP contribution < -0.4 is 0 Å². The Morgan fingerprint density at radius 1 is 1.05 bits per heavy atom. The largest absolute Gasteiger partial charge is 0.387 e. The van der Waals surface area contributed by atoms with Gasteiger partial charge in [-0.15, -0.1) is 0 Å². The zero-order valence-electron chi connectivity index (χ0n) is 11.1. The molecular weight excluding hydrogens is 272 g/mol. The molecule has 0 aromatic rings. The molecule has 19 heavy (non-hydrogen) atoms. The van der Waals surface area contributed by atoms with Gasteiger partial charge in [-0.05, 0) is 18.6 Å². The van der Waals surface area contributed by atoms with Crippen LogP contribution in [0, 0.1) is 0 Å². The lowest BCUT2D eigenvalue weighted by Gasteiger charge is -2.39. The molecule has 3 N–H and O–H groups in total. The minimum Gasteiger partial charge on any atom is -0.387 e. The number of hydrogen-bond acceptors (Lipinski definition) is 7. The van der Waals surface area contributed by atoms with Crippen molar-refractivity contribution in [1.82, 2.24) is 0 Å². The molecule has 3 unspecified atom stereocenters. The number of aliphatic hydroxyl groups excluding tert-OH is 3. The molecular formula is C12H24O6S. The van der Waals surface area contributed by atoms with Crippen molar-refractivity contribution in [2.75, 3.05) is 26.1 Å². The molecule has 114 valence electrons. The average molecular weight is 296 g/mol. The molecule has 0 saturated carbocycles. The summed E-state index contributed by atoms with van der Waals surface area (Å²) in [6.07, 6.45) is -2.38. The highest BCUT2D eigenvalue weighted by Gasteiger charge is 2.43. The average Bonchev–Trinajstić information content (AvgIpc) is 2.42. The van der Waals surface area contributed by atoms with E-state index in [4.69, 9.17) is 14.2 Å². The molecule has 0 spiro atoms. The summed E-state index contributed by atoms with van der Waals surface area (Å²) in [4.78, 5) is 0. The van der Waals surface area contributed by atoms with Gasteiger partial charge in [0.15, 0.2) is 6.29 Å². The predicted octanol–water partition coefficient (Wildman–Crippen LogP) is -0.443. The highest BCUT2D eigenvalue weighted by molar-refractivity contribution is 7.80. The van der Waals surface area contributed by atoms with Crippen molar-refractivity contribution < 1.29 is 29.5 Å². The van der Waals surface area contributed by atoms with Gasteiger partial charge in [-0.2, -0.15) is 12.6 Å². The van der Waals surface area contributed by atoms with Crippen molar-refractivity contribution in [3.63, 3.8) is 0 Å². The number of thiol groups is 1. The molecule has 0 amide bonds. The van der Waals surface area contributed by atoms with Gasteiger partial charge in [0, 0.05) is 13.7 Å². The minimum absolute atomic E-state index is 0.158. The van der Waals surface area contributed by atoms with Gasteiger partial charge in [-0.3, -0.25) is 0 Å². The van der Waals surface area contributed by atoms with Gasteiger partial charge in [-0.25, -0.2) is 0 Å². The van der Waals surface area contributed by atoms with Crippen molar-refractivity contribution in [1.29, 1.82) is 0 Å². The molecule has 1 aliphatic rings. The fraction of sp³-hybridized carbons (Fsp3) is 1.00.